The van der Waals surface area contributed by atoms with Gasteiger partial charge in [-0.15, -0.1) is 0 Å². The molecule has 0 bridgehead atoms. The Hall–Kier alpha value is -1.68. The summed E-state index contributed by atoms with van der Waals surface area (Å²) in [6.07, 6.45) is 8.84. The van der Waals surface area contributed by atoms with Crippen LogP contribution in [-0.2, 0) is 13.5 Å². The van der Waals surface area contributed by atoms with Crippen LogP contribution in [0.2, 0.25) is 0 Å². The van der Waals surface area contributed by atoms with Crippen molar-refractivity contribution in [2.24, 2.45) is 7.05 Å². The molecular formula is C15H22N4. The normalized spacial score (nSPS) is 12.5. The smallest absolute Gasteiger partial charge is 0.0550 e. The lowest BCUT2D eigenvalue weighted by atomic mass is 10.0. The maximum absolute atomic E-state index is 4.27. The lowest BCUT2D eigenvalue weighted by Crippen LogP contribution is -2.24. The zero-order valence-electron chi connectivity index (χ0n) is 11.7. The van der Waals surface area contributed by atoms with Crippen LogP contribution in [0.4, 0.5) is 0 Å². The fourth-order valence-electron chi connectivity index (χ4n) is 2.26. The van der Waals surface area contributed by atoms with Crippen molar-refractivity contribution in [1.29, 1.82) is 0 Å². The molecule has 2 aromatic heterocycles. The molecule has 2 heterocycles. The van der Waals surface area contributed by atoms with E-state index in [1.165, 1.54) is 11.3 Å². The topological polar surface area (TPSA) is 42.7 Å². The first kappa shape index (κ1) is 13.7. The van der Waals surface area contributed by atoms with Crippen molar-refractivity contribution >= 4 is 0 Å². The fourth-order valence-corrected chi connectivity index (χ4v) is 2.26. The first-order valence-electron chi connectivity index (χ1n) is 6.91. The van der Waals surface area contributed by atoms with Crippen LogP contribution in [0, 0.1) is 0 Å². The molecule has 0 saturated carbocycles. The van der Waals surface area contributed by atoms with Crippen LogP contribution in [0.5, 0.6) is 0 Å². The van der Waals surface area contributed by atoms with Crippen LogP contribution in [-0.4, -0.2) is 21.3 Å². The average Bonchev–Trinajstić information content (AvgIpc) is 2.86. The third kappa shape index (κ3) is 3.89. The van der Waals surface area contributed by atoms with E-state index < -0.39 is 0 Å². The number of aryl methyl sites for hydroxylation is 2. The highest BCUT2D eigenvalue weighted by Gasteiger charge is 2.13. The van der Waals surface area contributed by atoms with E-state index in [0.717, 1.165) is 25.8 Å². The molecule has 0 aliphatic rings. The Balaban J connectivity index is 2.00. The van der Waals surface area contributed by atoms with Crippen molar-refractivity contribution < 1.29 is 0 Å². The average molecular weight is 258 g/mol. The molecule has 1 N–H and O–H groups in total. The van der Waals surface area contributed by atoms with Crippen molar-refractivity contribution in [3.05, 3.63) is 48.0 Å². The number of rotatable bonds is 7. The van der Waals surface area contributed by atoms with Crippen molar-refractivity contribution in [1.82, 2.24) is 20.1 Å². The highest BCUT2D eigenvalue weighted by atomic mass is 15.3. The minimum absolute atomic E-state index is 0.362. The monoisotopic (exact) mass is 258 g/mol. The number of aromatic nitrogens is 3. The predicted octanol–water partition coefficient (Wildman–Crippen LogP) is 2.49. The van der Waals surface area contributed by atoms with Gasteiger partial charge < -0.3 is 5.32 Å². The second-order valence-electron chi connectivity index (χ2n) is 4.78. The summed E-state index contributed by atoms with van der Waals surface area (Å²) in [5, 5.41) is 7.87. The molecule has 0 radical (unpaired) electrons. The van der Waals surface area contributed by atoms with Gasteiger partial charge in [-0.3, -0.25) is 9.67 Å². The van der Waals surface area contributed by atoms with Crippen molar-refractivity contribution in [3.8, 4) is 0 Å². The zero-order chi connectivity index (χ0) is 13.5. The minimum Gasteiger partial charge on any atom is -0.309 e. The third-order valence-corrected chi connectivity index (χ3v) is 3.33. The molecular weight excluding hydrogens is 236 g/mol. The quantitative estimate of drug-likeness (QED) is 0.829. The molecule has 19 heavy (non-hydrogen) atoms. The summed E-state index contributed by atoms with van der Waals surface area (Å²) in [6.45, 7) is 3.22. The van der Waals surface area contributed by atoms with E-state index in [9.17, 15) is 0 Å². The summed E-state index contributed by atoms with van der Waals surface area (Å²) in [5.74, 6) is 0. The van der Waals surface area contributed by atoms with Crippen LogP contribution in [0.15, 0.2) is 36.8 Å². The van der Waals surface area contributed by atoms with Crippen LogP contribution >= 0.6 is 0 Å². The summed E-state index contributed by atoms with van der Waals surface area (Å²) in [4.78, 5) is 4.06. The van der Waals surface area contributed by atoms with Crippen molar-refractivity contribution in [2.75, 3.05) is 6.54 Å². The fraction of sp³-hybridized carbons (Fsp3) is 0.467. The molecule has 0 amide bonds. The van der Waals surface area contributed by atoms with E-state index in [1.54, 1.807) is 0 Å². The van der Waals surface area contributed by atoms with Gasteiger partial charge in [0.2, 0.25) is 0 Å². The third-order valence-electron chi connectivity index (χ3n) is 3.33. The van der Waals surface area contributed by atoms with Gasteiger partial charge >= 0.3 is 0 Å². The molecule has 2 aromatic rings. The van der Waals surface area contributed by atoms with Gasteiger partial charge in [0, 0.05) is 31.7 Å². The first-order chi connectivity index (χ1) is 9.31. The molecule has 0 saturated heterocycles. The summed E-state index contributed by atoms with van der Waals surface area (Å²) in [6, 6.07) is 6.63. The molecule has 0 fully saturated rings. The molecule has 0 aliphatic carbocycles. The molecule has 4 nitrogen and oxygen atoms in total. The number of hydrogen-bond donors (Lipinski definition) is 1. The van der Waals surface area contributed by atoms with Crippen LogP contribution in [0.1, 0.15) is 37.1 Å². The van der Waals surface area contributed by atoms with Gasteiger partial charge in [-0.05, 0) is 49.6 Å². The Morgan fingerprint density at radius 3 is 2.63 bits per heavy atom. The van der Waals surface area contributed by atoms with E-state index in [0.29, 0.717) is 6.04 Å². The Kier molecular flexibility index (Phi) is 5.10. The van der Waals surface area contributed by atoms with Crippen LogP contribution in [0.3, 0.4) is 0 Å². The van der Waals surface area contributed by atoms with Crippen LogP contribution < -0.4 is 5.32 Å². The second-order valence-corrected chi connectivity index (χ2v) is 4.78. The van der Waals surface area contributed by atoms with E-state index in [-0.39, 0.29) is 0 Å². The number of nitrogens with zero attached hydrogens (tertiary/aromatic N) is 3. The van der Waals surface area contributed by atoms with Crippen molar-refractivity contribution in [3.63, 3.8) is 0 Å². The van der Waals surface area contributed by atoms with E-state index in [2.05, 4.69) is 40.5 Å². The van der Waals surface area contributed by atoms with E-state index in [4.69, 9.17) is 0 Å². The Morgan fingerprint density at radius 1 is 1.21 bits per heavy atom. The summed E-state index contributed by atoms with van der Waals surface area (Å²) < 4.78 is 1.96. The maximum Gasteiger partial charge on any atom is 0.0550 e. The Bertz CT molecular complexity index is 478. The largest absolute Gasteiger partial charge is 0.309 e. The molecule has 0 spiro atoms. The standard InChI is InChI=1S/C15H22N4/c1-3-9-17-14(15-8-12-18-19(15)2)5-4-13-6-10-16-11-7-13/h6-8,10-12,14,17H,3-5,9H2,1-2H3. The summed E-state index contributed by atoms with van der Waals surface area (Å²) >= 11 is 0. The predicted molar refractivity (Wildman–Crippen MR) is 76.8 cm³/mol. The summed E-state index contributed by atoms with van der Waals surface area (Å²) in [7, 11) is 2.00. The van der Waals surface area contributed by atoms with Gasteiger partial charge in [0.15, 0.2) is 0 Å². The zero-order valence-corrected chi connectivity index (χ0v) is 11.7. The molecule has 2 rings (SSSR count). The van der Waals surface area contributed by atoms with E-state index in [1.807, 2.05) is 30.3 Å². The molecule has 4 heteroatoms. The SMILES string of the molecule is CCCNC(CCc1ccncc1)c1ccnn1C. The van der Waals surface area contributed by atoms with Gasteiger partial charge in [-0.1, -0.05) is 6.92 Å². The highest BCUT2D eigenvalue weighted by molar-refractivity contribution is 5.12. The lowest BCUT2D eigenvalue weighted by molar-refractivity contribution is 0.468. The Morgan fingerprint density at radius 2 is 2.00 bits per heavy atom. The van der Waals surface area contributed by atoms with Gasteiger partial charge in [-0.25, -0.2) is 0 Å². The van der Waals surface area contributed by atoms with Crippen molar-refractivity contribution in [2.45, 2.75) is 32.2 Å². The maximum atomic E-state index is 4.27. The Labute approximate surface area is 114 Å². The van der Waals surface area contributed by atoms with Gasteiger partial charge in [0.25, 0.3) is 0 Å². The highest BCUT2D eigenvalue weighted by Crippen LogP contribution is 2.18. The molecule has 1 unspecified atom stereocenters. The summed E-state index contributed by atoms with van der Waals surface area (Å²) in [5.41, 5.74) is 2.59. The number of hydrogen-bond acceptors (Lipinski definition) is 3. The van der Waals surface area contributed by atoms with Gasteiger partial charge in [0.05, 0.1) is 5.69 Å². The lowest BCUT2D eigenvalue weighted by Gasteiger charge is -2.18. The van der Waals surface area contributed by atoms with E-state index >= 15 is 0 Å². The first-order valence-corrected chi connectivity index (χ1v) is 6.91. The molecule has 0 aliphatic heterocycles. The van der Waals surface area contributed by atoms with Crippen LogP contribution in [0.25, 0.3) is 0 Å². The minimum atomic E-state index is 0.362. The van der Waals surface area contributed by atoms with Gasteiger partial charge in [-0.2, -0.15) is 5.10 Å². The number of nitrogens with one attached hydrogen (secondary N) is 1. The molecule has 102 valence electrons. The number of pyridine rings is 1. The second kappa shape index (κ2) is 7.04. The molecule has 0 aromatic carbocycles. The van der Waals surface area contributed by atoms with Gasteiger partial charge in [0.1, 0.15) is 0 Å². The molecule has 1 atom stereocenters.